The fraction of sp³-hybridized carbons (Fsp3) is 0.381. The highest BCUT2D eigenvalue weighted by molar-refractivity contribution is 8.34. The molecule has 0 aromatic heterocycles. The average Bonchev–Trinajstić information content (AvgIpc) is 2.98. The molecule has 0 aliphatic carbocycles. The number of cyclic esters (lactones) is 1. The summed E-state index contributed by atoms with van der Waals surface area (Å²) in [5.41, 5.74) is 0. The highest BCUT2D eigenvalue weighted by Gasteiger charge is 2.35. The third-order valence-electron chi connectivity index (χ3n) is 4.75. The summed E-state index contributed by atoms with van der Waals surface area (Å²) in [4.78, 5) is 13.9. The molecule has 1 fully saturated rings. The summed E-state index contributed by atoms with van der Waals surface area (Å²) in [5, 5.41) is 9.93. The van der Waals surface area contributed by atoms with Gasteiger partial charge in [0.25, 0.3) is 0 Å². The quantitative estimate of drug-likeness (QED) is 0.745. The lowest BCUT2D eigenvalue weighted by Gasteiger charge is -2.44. The van der Waals surface area contributed by atoms with Crippen molar-refractivity contribution in [2.75, 3.05) is 12.5 Å². The summed E-state index contributed by atoms with van der Waals surface area (Å²) in [6.07, 6.45) is -1.08. The maximum atomic E-state index is 11.4. The SMILES string of the molecule is CC(C)S(COCC1CC(O)C(=O)O1)(c1ccccc1)c1ccccc1. The van der Waals surface area contributed by atoms with Crippen LogP contribution in [0.25, 0.3) is 0 Å². The van der Waals surface area contributed by atoms with Gasteiger partial charge in [-0.25, -0.2) is 4.79 Å². The number of aliphatic hydroxyl groups is 1. The second kappa shape index (κ2) is 8.25. The van der Waals surface area contributed by atoms with Gasteiger partial charge in [-0.05, 0) is 39.3 Å². The van der Waals surface area contributed by atoms with E-state index in [9.17, 15) is 9.90 Å². The molecule has 2 aromatic rings. The Morgan fingerprint density at radius 2 is 1.62 bits per heavy atom. The first kappa shape index (κ1) is 19.0. The second-order valence-electron chi connectivity index (χ2n) is 6.77. The number of esters is 1. The third-order valence-corrected chi connectivity index (χ3v) is 9.12. The number of carbonyl (C=O) groups excluding carboxylic acids is 1. The molecule has 0 spiro atoms. The average molecular weight is 375 g/mol. The van der Waals surface area contributed by atoms with Crippen LogP contribution in [0.2, 0.25) is 0 Å². The summed E-state index contributed by atoms with van der Waals surface area (Å²) in [7, 11) is -1.41. The molecule has 5 heteroatoms. The number of aliphatic hydroxyl groups excluding tert-OH is 1. The van der Waals surface area contributed by atoms with E-state index in [1.54, 1.807) is 0 Å². The van der Waals surface area contributed by atoms with E-state index < -0.39 is 22.1 Å². The van der Waals surface area contributed by atoms with Crippen LogP contribution < -0.4 is 0 Å². The van der Waals surface area contributed by atoms with Gasteiger partial charge >= 0.3 is 5.97 Å². The van der Waals surface area contributed by atoms with E-state index >= 15 is 0 Å². The van der Waals surface area contributed by atoms with Crippen molar-refractivity contribution in [3.05, 3.63) is 60.7 Å². The lowest BCUT2D eigenvalue weighted by atomic mass is 10.2. The van der Waals surface area contributed by atoms with Crippen molar-refractivity contribution in [2.45, 2.75) is 47.5 Å². The highest BCUT2D eigenvalue weighted by Crippen LogP contribution is 2.65. The molecule has 0 bridgehead atoms. The molecular formula is C21H26O4S. The molecule has 0 saturated carbocycles. The van der Waals surface area contributed by atoms with Gasteiger partial charge < -0.3 is 14.6 Å². The van der Waals surface area contributed by atoms with Crippen molar-refractivity contribution < 1.29 is 19.4 Å². The number of rotatable bonds is 7. The van der Waals surface area contributed by atoms with E-state index in [1.807, 2.05) is 12.1 Å². The number of ether oxygens (including phenoxy) is 2. The van der Waals surface area contributed by atoms with Gasteiger partial charge in [-0.1, -0.05) is 50.2 Å². The Balaban J connectivity index is 1.85. The maximum absolute atomic E-state index is 11.4. The first-order valence-corrected chi connectivity index (χ1v) is 10.8. The van der Waals surface area contributed by atoms with Crippen molar-refractivity contribution >= 4 is 16.0 Å². The zero-order valence-electron chi connectivity index (χ0n) is 15.2. The standard InChI is InChI=1S/C21H26O4S/c1-16(2)26(18-9-5-3-6-10-18,19-11-7-4-8-12-19)15-24-14-17-13-20(22)21(23)25-17/h3-12,16-17,20,22H,13-15H2,1-2H3. The van der Waals surface area contributed by atoms with Gasteiger partial charge in [0.2, 0.25) is 0 Å². The van der Waals surface area contributed by atoms with Gasteiger partial charge in [-0.15, -0.1) is 0 Å². The predicted octanol–water partition coefficient (Wildman–Crippen LogP) is 3.97. The predicted molar refractivity (Wildman–Crippen MR) is 103 cm³/mol. The normalized spacial score (nSPS) is 21.0. The molecule has 4 nitrogen and oxygen atoms in total. The maximum Gasteiger partial charge on any atom is 0.335 e. The molecule has 0 radical (unpaired) electrons. The summed E-state index contributed by atoms with van der Waals surface area (Å²) >= 11 is 0. The van der Waals surface area contributed by atoms with E-state index in [2.05, 4.69) is 62.4 Å². The molecule has 1 N–H and O–H groups in total. The Hall–Kier alpha value is -1.82. The number of hydrogen-bond acceptors (Lipinski definition) is 4. The lowest BCUT2D eigenvalue weighted by molar-refractivity contribution is -0.148. The molecule has 1 aliphatic rings. The Morgan fingerprint density at radius 3 is 2.04 bits per heavy atom. The zero-order chi connectivity index (χ0) is 18.6. The van der Waals surface area contributed by atoms with E-state index in [-0.39, 0.29) is 6.10 Å². The molecule has 2 atom stereocenters. The molecule has 26 heavy (non-hydrogen) atoms. The van der Waals surface area contributed by atoms with Crippen LogP contribution in [-0.2, 0) is 14.3 Å². The Bertz CT molecular complexity index is 678. The van der Waals surface area contributed by atoms with Crippen molar-refractivity contribution in [1.82, 2.24) is 0 Å². The number of carbonyl (C=O) groups is 1. The summed E-state index contributed by atoms with van der Waals surface area (Å²) in [6, 6.07) is 21.0. The van der Waals surface area contributed by atoms with E-state index in [1.165, 1.54) is 9.79 Å². The van der Waals surface area contributed by atoms with Crippen molar-refractivity contribution in [1.29, 1.82) is 0 Å². The smallest absolute Gasteiger partial charge is 0.335 e. The molecule has 0 amide bonds. The highest BCUT2D eigenvalue weighted by atomic mass is 32.3. The molecule has 140 valence electrons. The topological polar surface area (TPSA) is 55.8 Å². The van der Waals surface area contributed by atoms with Gasteiger partial charge in [0, 0.05) is 6.42 Å². The zero-order valence-corrected chi connectivity index (χ0v) is 16.0. The first-order chi connectivity index (χ1) is 12.5. The first-order valence-electron chi connectivity index (χ1n) is 8.90. The molecule has 1 saturated heterocycles. The largest absolute Gasteiger partial charge is 0.458 e. The van der Waals surface area contributed by atoms with Crippen molar-refractivity contribution in [3.8, 4) is 0 Å². The number of benzene rings is 2. The van der Waals surface area contributed by atoms with Crippen LogP contribution in [0.3, 0.4) is 0 Å². The minimum absolute atomic E-state index is 0.305. The summed E-state index contributed by atoms with van der Waals surface area (Å²) in [6.45, 7) is 4.78. The molecular weight excluding hydrogens is 348 g/mol. The molecule has 2 unspecified atom stereocenters. The Morgan fingerprint density at radius 1 is 1.08 bits per heavy atom. The van der Waals surface area contributed by atoms with Crippen LogP contribution >= 0.6 is 10.0 Å². The minimum atomic E-state index is -1.41. The number of hydrogen-bond donors (Lipinski definition) is 1. The summed E-state index contributed by atoms with van der Waals surface area (Å²) < 4.78 is 11.3. The van der Waals surface area contributed by atoms with Gasteiger partial charge in [-0.2, -0.15) is 10.0 Å². The fourth-order valence-electron chi connectivity index (χ4n) is 3.33. The molecule has 1 aliphatic heterocycles. The fourth-order valence-corrected chi connectivity index (χ4v) is 6.88. The van der Waals surface area contributed by atoms with Crippen LogP contribution in [0.1, 0.15) is 20.3 Å². The van der Waals surface area contributed by atoms with Crippen LogP contribution in [0, 0.1) is 0 Å². The Labute approximate surface area is 156 Å². The van der Waals surface area contributed by atoms with Gasteiger partial charge in [-0.3, -0.25) is 0 Å². The molecule has 1 heterocycles. The monoisotopic (exact) mass is 374 g/mol. The minimum Gasteiger partial charge on any atom is -0.458 e. The van der Waals surface area contributed by atoms with Crippen LogP contribution in [-0.4, -0.2) is 41.1 Å². The summed E-state index contributed by atoms with van der Waals surface area (Å²) in [5.74, 6) is 0.00947. The second-order valence-corrected chi connectivity index (χ2v) is 10.5. The van der Waals surface area contributed by atoms with Gasteiger partial charge in [0.15, 0.2) is 6.10 Å². The Kier molecular flexibility index (Phi) is 6.01. The van der Waals surface area contributed by atoms with E-state index in [0.29, 0.717) is 24.2 Å². The van der Waals surface area contributed by atoms with Crippen LogP contribution in [0.15, 0.2) is 70.5 Å². The van der Waals surface area contributed by atoms with Crippen LogP contribution in [0.4, 0.5) is 0 Å². The van der Waals surface area contributed by atoms with E-state index in [4.69, 9.17) is 9.47 Å². The third kappa shape index (κ3) is 3.80. The van der Waals surface area contributed by atoms with Crippen molar-refractivity contribution in [3.63, 3.8) is 0 Å². The van der Waals surface area contributed by atoms with Crippen LogP contribution in [0.5, 0.6) is 0 Å². The lowest BCUT2D eigenvalue weighted by Crippen LogP contribution is -2.22. The van der Waals surface area contributed by atoms with E-state index in [0.717, 1.165) is 0 Å². The van der Waals surface area contributed by atoms with Gasteiger partial charge in [0.1, 0.15) is 6.10 Å². The molecule has 2 aromatic carbocycles. The molecule has 3 rings (SSSR count). The van der Waals surface area contributed by atoms with Gasteiger partial charge in [0.05, 0.1) is 12.5 Å². The van der Waals surface area contributed by atoms with Crippen molar-refractivity contribution in [2.24, 2.45) is 0 Å².